The summed E-state index contributed by atoms with van der Waals surface area (Å²) in [7, 11) is 0. The number of rotatable bonds is 6. The number of aryl methyl sites for hydroxylation is 1. The molecule has 0 unspecified atom stereocenters. The van der Waals surface area contributed by atoms with Crippen LogP contribution in [0.15, 0.2) is 74.2 Å². The Kier molecular flexibility index (Phi) is 6.33. The maximum atomic E-state index is 11.2. The van der Waals surface area contributed by atoms with E-state index in [1.54, 1.807) is 24.3 Å². The lowest BCUT2D eigenvalue weighted by Gasteiger charge is -2.16. The van der Waals surface area contributed by atoms with E-state index in [1.165, 1.54) is 28.6 Å². The molecule has 0 N–H and O–H groups in total. The summed E-state index contributed by atoms with van der Waals surface area (Å²) in [5.74, 6) is 0.954. The molecular formula is C23H15Cl2N5O4S. The number of ether oxygens (including phenoxy) is 1. The number of halogens is 2. The molecule has 9 nitrogen and oxygen atoms in total. The molecule has 0 spiro atoms. The molecule has 0 saturated heterocycles. The van der Waals surface area contributed by atoms with Crippen molar-refractivity contribution in [3.8, 4) is 5.75 Å². The van der Waals surface area contributed by atoms with E-state index in [0.29, 0.717) is 43.0 Å². The SMILES string of the molecule is Cc1ccc(OCc2nnc3n2N=C(c2ccc([N+](=O)[O-])o2)/C(=C/c2ccc(Cl)cc2Cl)S3)cc1. The maximum Gasteiger partial charge on any atom is 0.433 e. The van der Waals surface area contributed by atoms with Crippen molar-refractivity contribution in [1.29, 1.82) is 0 Å². The second-order valence-corrected chi connectivity index (χ2v) is 9.29. The van der Waals surface area contributed by atoms with Crippen molar-refractivity contribution in [1.82, 2.24) is 14.9 Å². The number of hydrogen-bond acceptors (Lipinski definition) is 8. The molecule has 3 heterocycles. The first-order chi connectivity index (χ1) is 16.9. The number of fused-ring (bicyclic) bond motifs is 1. The molecule has 0 fully saturated rings. The molecule has 12 heteroatoms. The Morgan fingerprint density at radius 1 is 1.14 bits per heavy atom. The molecule has 4 aromatic rings. The second kappa shape index (κ2) is 9.57. The molecule has 2 aromatic carbocycles. The summed E-state index contributed by atoms with van der Waals surface area (Å²) in [6.45, 7) is 2.11. The van der Waals surface area contributed by atoms with Crippen LogP contribution in [0.4, 0.5) is 5.88 Å². The third-order valence-electron chi connectivity index (χ3n) is 4.95. The van der Waals surface area contributed by atoms with Crippen molar-refractivity contribution < 1.29 is 14.1 Å². The second-order valence-electron chi connectivity index (χ2n) is 7.43. The van der Waals surface area contributed by atoms with Crippen molar-refractivity contribution in [2.45, 2.75) is 18.7 Å². The van der Waals surface area contributed by atoms with Crippen molar-refractivity contribution in [3.05, 3.63) is 102 Å². The van der Waals surface area contributed by atoms with E-state index in [1.807, 2.05) is 31.2 Å². The molecule has 0 atom stereocenters. The molecule has 5 rings (SSSR count). The van der Waals surface area contributed by atoms with E-state index in [2.05, 4.69) is 15.3 Å². The largest absolute Gasteiger partial charge is 0.486 e. The van der Waals surface area contributed by atoms with Crippen LogP contribution in [-0.2, 0) is 6.61 Å². The van der Waals surface area contributed by atoms with Crippen molar-refractivity contribution in [3.63, 3.8) is 0 Å². The van der Waals surface area contributed by atoms with E-state index in [0.717, 1.165) is 5.56 Å². The summed E-state index contributed by atoms with van der Waals surface area (Å²) >= 11 is 13.7. The summed E-state index contributed by atoms with van der Waals surface area (Å²) < 4.78 is 12.8. The minimum absolute atomic E-state index is 0.119. The first-order valence-electron chi connectivity index (χ1n) is 10.2. The van der Waals surface area contributed by atoms with Gasteiger partial charge in [0.25, 0.3) is 0 Å². The minimum atomic E-state index is -0.607. The van der Waals surface area contributed by atoms with Gasteiger partial charge in [-0.2, -0.15) is 9.78 Å². The van der Waals surface area contributed by atoms with Gasteiger partial charge >= 0.3 is 5.88 Å². The van der Waals surface area contributed by atoms with Gasteiger partial charge in [-0.1, -0.05) is 47.0 Å². The van der Waals surface area contributed by atoms with E-state index in [4.69, 9.17) is 32.4 Å². The Bertz CT molecular complexity index is 1490. The van der Waals surface area contributed by atoms with Crippen molar-refractivity contribution in [2.24, 2.45) is 5.10 Å². The molecule has 35 heavy (non-hydrogen) atoms. The van der Waals surface area contributed by atoms with Gasteiger partial charge in [-0.05, 0) is 60.7 Å². The molecule has 1 aliphatic rings. The zero-order chi connectivity index (χ0) is 24.5. The monoisotopic (exact) mass is 527 g/mol. The van der Waals surface area contributed by atoms with Crippen LogP contribution >= 0.6 is 35.0 Å². The third kappa shape index (κ3) is 4.95. The molecule has 176 valence electrons. The first kappa shape index (κ1) is 23.2. The Morgan fingerprint density at radius 2 is 1.94 bits per heavy atom. The standard InChI is InChI=1S/C23H15Cl2N5O4S/c1-13-2-6-16(7-3-13)33-12-20-26-27-23-29(20)28-22(18-8-9-21(34-18)30(31)32)19(35-23)10-14-4-5-15(24)11-17(14)25/h2-11H,12H2,1H3/b19-10-. The highest BCUT2D eigenvalue weighted by Gasteiger charge is 2.28. The number of nitro groups is 1. The molecule has 0 amide bonds. The van der Waals surface area contributed by atoms with Gasteiger partial charge in [-0.25, -0.2) is 0 Å². The van der Waals surface area contributed by atoms with Gasteiger partial charge in [-0.15, -0.1) is 10.2 Å². The zero-order valence-corrected chi connectivity index (χ0v) is 20.3. The van der Waals surface area contributed by atoms with Gasteiger partial charge in [-0.3, -0.25) is 10.1 Å². The summed E-state index contributed by atoms with van der Waals surface area (Å²) in [4.78, 5) is 11.2. The van der Waals surface area contributed by atoms with E-state index < -0.39 is 10.8 Å². The van der Waals surface area contributed by atoms with Crippen LogP contribution in [0.5, 0.6) is 5.75 Å². The van der Waals surface area contributed by atoms with Crippen LogP contribution in [-0.4, -0.2) is 25.5 Å². The van der Waals surface area contributed by atoms with Crippen molar-refractivity contribution >= 4 is 52.6 Å². The number of hydrogen-bond donors (Lipinski definition) is 0. The quantitative estimate of drug-likeness (QED) is 0.211. The number of furan rings is 1. The Hall–Kier alpha value is -3.60. The molecular weight excluding hydrogens is 513 g/mol. The van der Waals surface area contributed by atoms with Gasteiger partial charge in [0.15, 0.2) is 11.6 Å². The molecule has 0 aliphatic carbocycles. The van der Waals surface area contributed by atoms with E-state index >= 15 is 0 Å². The van der Waals surface area contributed by atoms with Crippen LogP contribution in [0, 0.1) is 17.0 Å². The van der Waals surface area contributed by atoms with Crippen LogP contribution in [0.3, 0.4) is 0 Å². The van der Waals surface area contributed by atoms with Gasteiger partial charge in [0.1, 0.15) is 23.0 Å². The number of benzene rings is 2. The van der Waals surface area contributed by atoms with E-state index in [9.17, 15) is 10.1 Å². The summed E-state index contributed by atoms with van der Waals surface area (Å²) in [5.41, 5.74) is 2.16. The Balaban J connectivity index is 1.53. The van der Waals surface area contributed by atoms with Crippen LogP contribution in [0.25, 0.3) is 6.08 Å². The Labute approximate surface area is 213 Å². The molecule has 2 aromatic heterocycles. The third-order valence-corrected chi connectivity index (χ3v) is 6.49. The normalized spacial score (nSPS) is 14.0. The van der Waals surface area contributed by atoms with Gasteiger partial charge in [0.2, 0.25) is 5.16 Å². The zero-order valence-electron chi connectivity index (χ0n) is 18.0. The summed E-state index contributed by atoms with van der Waals surface area (Å²) in [6, 6.07) is 15.5. The highest BCUT2D eigenvalue weighted by molar-refractivity contribution is 8.04. The number of allylic oxidation sites excluding steroid dienone is 1. The fraction of sp³-hybridized carbons (Fsp3) is 0.0870. The minimum Gasteiger partial charge on any atom is -0.486 e. The molecule has 0 bridgehead atoms. The number of thioether (sulfide) groups is 1. The smallest absolute Gasteiger partial charge is 0.433 e. The average Bonchev–Trinajstić information content (AvgIpc) is 3.47. The fourth-order valence-electron chi connectivity index (χ4n) is 3.21. The lowest BCUT2D eigenvalue weighted by Crippen LogP contribution is -2.14. The van der Waals surface area contributed by atoms with Crippen LogP contribution in [0.2, 0.25) is 10.0 Å². The molecule has 0 saturated carbocycles. The summed E-state index contributed by atoms with van der Waals surface area (Å²) in [6.07, 6.45) is 1.79. The first-order valence-corrected chi connectivity index (χ1v) is 11.8. The maximum absolute atomic E-state index is 11.2. The molecule has 0 radical (unpaired) electrons. The van der Waals surface area contributed by atoms with E-state index in [-0.39, 0.29) is 12.4 Å². The predicted octanol–water partition coefficient (Wildman–Crippen LogP) is 6.37. The highest BCUT2D eigenvalue weighted by atomic mass is 35.5. The van der Waals surface area contributed by atoms with Crippen molar-refractivity contribution in [2.75, 3.05) is 0 Å². The van der Waals surface area contributed by atoms with Gasteiger partial charge in [0, 0.05) is 15.0 Å². The topological polar surface area (TPSA) is 109 Å². The average molecular weight is 528 g/mol. The lowest BCUT2D eigenvalue weighted by atomic mass is 10.1. The van der Waals surface area contributed by atoms with Gasteiger partial charge in [0.05, 0.1) is 6.07 Å². The predicted molar refractivity (Wildman–Crippen MR) is 133 cm³/mol. The van der Waals surface area contributed by atoms with Crippen LogP contribution < -0.4 is 4.74 Å². The molecule has 1 aliphatic heterocycles. The lowest BCUT2D eigenvalue weighted by molar-refractivity contribution is -0.402. The number of nitrogens with zero attached hydrogens (tertiary/aromatic N) is 5. The fourth-order valence-corrected chi connectivity index (χ4v) is 4.61. The van der Waals surface area contributed by atoms with Crippen LogP contribution in [0.1, 0.15) is 22.7 Å². The number of aromatic nitrogens is 3. The Morgan fingerprint density at radius 3 is 2.66 bits per heavy atom. The van der Waals surface area contributed by atoms with Gasteiger partial charge < -0.3 is 9.15 Å². The summed E-state index contributed by atoms with van der Waals surface area (Å²) in [5, 5.41) is 25.7. The highest BCUT2D eigenvalue weighted by Crippen LogP contribution is 2.37.